The van der Waals surface area contributed by atoms with E-state index in [0.717, 1.165) is 77.2 Å². The van der Waals surface area contributed by atoms with Crippen molar-refractivity contribution >= 4 is 32.9 Å². The highest BCUT2D eigenvalue weighted by Crippen LogP contribution is 2.67. The summed E-state index contributed by atoms with van der Waals surface area (Å²) in [5, 5.41) is 1.09. The average molecular weight is 686 g/mol. The summed E-state index contributed by atoms with van der Waals surface area (Å²) in [6, 6.07) is 13.4. The van der Waals surface area contributed by atoms with Crippen LogP contribution in [-0.2, 0) is 21.5 Å². The van der Waals surface area contributed by atoms with Gasteiger partial charge in [0.1, 0.15) is 5.75 Å². The van der Waals surface area contributed by atoms with Crippen LogP contribution in [0.3, 0.4) is 0 Å². The molecule has 4 bridgehead atoms. The number of likely N-dealkylation sites (N-methyl/N-ethyl adjacent to an activating group) is 1. The van der Waals surface area contributed by atoms with Crippen LogP contribution in [0.1, 0.15) is 97.5 Å². The van der Waals surface area contributed by atoms with Crippen molar-refractivity contribution in [3.8, 4) is 17.0 Å². The lowest BCUT2D eigenvalue weighted by molar-refractivity contribution is -0.146. The van der Waals surface area contributed by atoms with Crippen LogP contribution in [0.25, 0.3) is 22.2 Å². The predicted octanol–water partition coefficient (Wildman–Crippen LogP) is 5.22. The Kier molecular flexibility index (Phi) is 7.11. The maximum Gasteiger partial charge on any atom is 0.303 e. The Morgan fingerprint density at radius 3 is 2.29 bits per heavy atom. The Labute approximate surface area is 288 Å². The van der Waals surface area contributed by atoms with Gasteiger partial charge in [0.15, 0.2) is 0 Å². The normalized spacial score (nSPS) is 30.6. The molecule has 0 spiro atoms. The first-order valence-corrected chi connectivity index (χ1v) is 19.6. The summed E-state index contributed by atoms with van der Waals surface area (Å²) in [7, 11) is 2.79. The molecule has 9 rings (SSSR count). The zero-order chi connectivity index (χ0) is 34.0. The first kappa shape index (κ1) is 31.6. The molecule has 2 aliphatic carbocycles. The fraction of sp³-hybridized carbons (Fsp3) is 0.579. The molecule has 2 saturated carbocycles. The highest BCUT2D eigenvalue weighted by Gasteiger charge is 2.67. The second kappa shape index (κ2) is 11.0. The molecule has 5 unspecified atom stereocenters. The lowest BCUT2D eigenvalue weighted by Crippen LogP contribution is -2.62. The van der Waals surface area contributed by atoms with Crippen LogP contribution in [0.15, 0.2) is 36.4 Å². The summed E-state index contributed by atoms with van der Waals surface area (Å²) < 4.78 is 36.6. The van der Waals surface area contributed by atoms with E-state index in [1.165, 1.54) is 44.5 Å². The molecule has 5 fully saturated rings. The summed E-state index contributed by atoms with van der Waals surface area (Å²) in [6.07, 6.45) is 11.0. The molecule has 0 radical (unpaired) electrons. The molecule has 11 heteroatoms. The van der Waals surface area contributed by atoms with Crippen LogP contribution in [0.2, 0.25) is 0 Å². The van der Waals surface area contributed by atoms with E-state index in [1.54, 1.807) is 13.2 Å². The number of rotatable bonds is 6. The molecule has 5 heterocycles. The van der Waals surface area contributed by atoms with E-state index >= 15 is 4.79 Å². The molecule has 260 valence electrons. The van der Waals surface area contributed by atoms with Gasteiger partial charge in [0.2, 0.25) is 5.91 Å². The SMILES string of the molecule is COc1ccc2c(c1)[C@@H]1CC1(C(=O)N1C3CCC1C1CCC3N1C)Cn1c-2c(C2CCCCC2)c2ccc(C(=O)NS(=O)(=O)N(C)C)cc21. The minimum absolute atomic E-state index is 0.0766. The molecule has 49 heavy (non-hydrogen) atoms. The molecule has 2 aromatic carbocycles. The topological polar surface area (TPSA) is 104 Å². The van der Waals surface area contributed by atoms with Crippen molar-refractivity contribution in [2.45, 2.75) is 107 Å². The van der Waals surface area contributed by atoms with Gasteiger partial charge in [-0.15, -0.1) is 0 Å². The monoisotopic (exact) mass is 685 g/mol. The average Bonchev–Trinajstić information content (AvgIpc) is 3.45. The van der Waals surface area contributed by atoms with Crippen LogP contribution in [0, 0.1) is 5.41 Å². The van der Waals surface area contributed by atoms with Crippen LogP contribution < -0.4 is 9.46 Å². The summed E-state index contributed by atoms with van der Waals surface area (Å²) >= 11 is 0. The largest absolute Gasteiger partial charge is 0.497 e. The number of carbonyl (C=O) groups is 2. The number of piperazine rings is 1. The van der Waals surface area contributed by atoms with Crippen molar-refractivity contribution in [2.75, 3.05) is 28.3 Å². The molecule has 6 atom stereocenters. The van der Waals surface area contributed by atoms with Crippen molar-refractivity contribution in [3.63, 3.8) is 0 Å². The van der Waals surface area contributed by atoms with E-state index in [-0.39, 0.29) is 23.6 Å². The van der Waals surface area contributed by atoms with Crippen molar-refractivity contribution in [1.82, 2.24) is 23.4 Å². The Balaban J connectivity index is 1.23. The second-order valence-corrected chi connectivity index (χ2v) is 17.7. The van der Waals surface area contributed by atoms with Crippen LogP contribution in [0.5, 0.6) is 5.75 Å². The minimum atomic E-state index is -3.97. The molecule has 3 aromatic rings. The number of nitrogens with one attached hydrogen (secondary N) is 1. The fourth-order valence-electron chi connectivity index (χ4n) is 10.8. The Morgan fingerprint density at radius 2 is 1.61 bits per heavy atom. The summed E-state index contributed by atoms with van der Waals surface area (Å²) in [5.41, 5.74) is 5.38. The molecule has 4 aliphatic heterocycles. The number of hydrogen-bond donors (Lipinski definition) is 1. The quantitative estimate of drug-likeness (QED) is 0.382. The van der Waals surface area contributed by atoms with Gasteiger partial charge >= 0.3 is 10.2 Å². The van der Waals surface area contributed by atoms with E-state index < -0.39 is 21.5 Å². The number of hydrogen-bond acceptors (Lipinski definition) is 6. The predicted molar refractivity (Wildman–Crippen MR) is 188 cm³/mol. The Morgan fingerprint density at radius 1 is 0.918 bits per heavy atom. The molecule has 6 aliphatic rings. The third-order valence-electron chi connectivity index (χ3n) is 13.3. The molecule has 1 aromatic heterocycles. The molecule has 10 nitrogen and oxygen atoms in total. The van der Waals surface area contributed by atoms with Crippen LogP contribution in [0.4, 0.5) is 0 Å². The maximum atomic E-state index is 15.3. The van der Waals surface area contributed by atoms with Gasteiger partial charge < -0.3 is 14.2 Å². The molecular formula is C38H47N5O5S. The van der Waals surface area contributed by atoms with Gasteiger partial charge in [-0.1, -0.05) is 25.3 Å². The first-order valence-electron chi connectivity index (χ1n) is 18.2. The van der Waals surface area contributed by atoms with Gasteiger partial charge in [-0.25, -0.2) is 4.72 Å². The van der Waals surface area contributed by atoms with E-state index in [0.29, 0.717) is 30.5 Å². The van der Waals surface area contributed by atoms with Gasteiger partial charge in [0, 0.05) is 72.8 Å². The van der Waals surface area contributed by atoms with Crippen LogP contribution in [-0.4, -0.2) is 91.3 Å². The van der Waals surface area contributed by atoms with Crippen molar-refractivity contribution < 1.29 is 22.7 Å². The third kappa shape index (κ3) is 4.53. The third-order valence-corrected chi connectivity index (χ3v) is 14.7. The van der Waals surface area contributed by atoms with E-state index in [4.69, 9.17) is 4.74 Å². The van der Waals surface area contributed by atoms with Gasteiger partial charge in [-0.2, -0.15) is 12.7 Å². The number of ether oxygens (including phenoxy) is 1. The Bertz CT molecular complexity index is 1980. The zero-order valence-electron chi connectivity index (χ0n) is 28.9. The fourth-order valence-corrected chi connectivity index (χ4v) is 11.3. The maximum absolute atomic E-state index is 15.3. The first-order chi connectivity index (χ1) is 23.5. The highest BCUT2D eigenvalue weighted by atomic mass is 32.2. The second-order valence-electron chi connectivity index (χ2n) is 15.8. The van der Waals surface area contributed by atoms with Gasteiger partial charge in [0.25, 0.3) is 5.91 Å². The number of carbonyl (C=O) groups excluding carboxylic acids is 2. The minimum Gasteiger partial charge on any atom is -0.497 e. The van der Waals surface area contributed by atoms with Gasteiger partial charge in [-0.3, -0.25) is 14.5 Å². The van der Waals surface area contributed by atoms with Crippen molar-refractivity contribution in [2.24, 2.45) is 5.41 Å². The zero-order valence-corrected chi connectivity index (χ0v) is 29.8. The van der Waals surface area contributed by atoms with Gasteiger partial charge in [0.05, 0.1) is 18.2 Å². The smallest absolute Gasteiger partial charge is 0.303 e. The molecular weight excluding hydrogens is 639 g/mol. The molecule has 1 N–H and O–H groups in total. The lowest BCUT2D eigenvalue weighted by atomic mass is 9.81. The number of nitrogens with zero attached hydrogens (tertiary/aromatic N) is 4. The van der Waals surface area contributed by atoms with Gasteiger partial charge in [-0.05, 0) is 99.4 Å². The van der Waals surface area contributed by atoms with E-state index in [1.807, 2.05) is 18.2 Å². The number of aromatic nitrogens is 1. The van der Waals surface area contributed by atoms with E-state index in [9.17, 15) is 13.2 Å². The lowest BCUT2D eigenvalue weighted by Gasteiger charge is -2.46. The standard InChI is InChI=1S/C38H47N5O5S/c1-40(2)49(46,47)39-36(44)23-10-12-26-33(18-23)42-21-38(37(45)43-31-16-17-32(43)30-15-14-29(31)41(30)3)20-28(38)27-19-24(48-4)11-13-25(27)35(42)34(26)22-8-6-5-7-9-22/h10-13,18-19,22,28-32H,5-9,14-17,20-21H2,1-4H3,(H,39,44)/t28-,29?,30?,31?,32?,38?/m0/s1. The van der Waals surface area contributed by atoms with Crippen molar-refractivity contribution in [3.05, 3.63) is 53.1 Å². The summed E-state index contributed by atoms with van der Waals surface area (Å²) in [4.78, 5) is 33.6. The number of benzene rings is 2. The number of fused-ring (bicyclic) bond motifs is 13. The summed E-state index contributed by atoms with van der Waals surface area (Å²) in [6.45, 7) is 0.536. The van der Waals surface area contributed by atoms with Crippen LogP contribution >= 0.6 is 0 Å². The number of amides is 2. The Hall–Kier alpha value is -3.41. The molecule has 2 amide bonds. The van der Waals surface area contributed by atoms with Crippen molar-refractivity contribution in [1.29, 1.82) is 0 Å². The molecule has 3 saturated heterocycles. The summed E-state index contributed by atoms with van der Waals surface area (Å²) in [5.74, 6) is 0.871. The number of methoxy groups -OCH3 is 1. The van der Waals surface area contributed by atoms with E-state index in [2.05, 4.69) is 38.3 Å². The highest BCUT2D eigenvalue weighted by molar-refractivity contribution is 7.87.